The van der Waals surface area contributed by atoms with Crippen LogP contribution in [0.25, 0.3) is 0 Å². The third kappa shape index (κ3) is 4.03. The highest BCUT2D eigenvalue weighted by molar-refractivity contribution is 9.10. The SMILES string of the molecule is COCC(O)CNc1ncc(Br)cc1N. The molecule has 0 aromatic carbocycles. The van der Waals surface area contributed by atoms with Gasteiger partial charge in [0.2, 0.25) is 0 Å². The summed E-state index contributed by atoms with van der Waals surface area (Å²) in [6, 6.07) is 1.75. The Hall–Kier alpha value is -0.850. The lowest BCUT2D eigenvalue weighted by molar-refractivity contribution is 0.0727. The lowest BCUT2D eigenvalue weighted by Crippen LogP contribution is -2.24. The van der Waals surface area contributed by atoms with E-state index in [9.17, 15) is 5.11 Å². The Morgan fingerprint density at radius 1 is 1.73 bits per heavy atom. The fourth-order valence-corrected chi connectivity index (χ4v) is 1.42. The highest BCUT2D eigenvalue weighted by atomic mass is 79.9. The molecule has 0 radical (unpaired) electrons. The van der Waals surface area contributed by atoms with E-state index in [4.69, 9.17) is 10.5 Å². The number of pyridine rings is 1. The van der Waals surface area contributed by atoms with Gasteiger partial charge in [-0.05, 0) is 22.0 Å². The number of nitrogens with one attached hydrogen (secondary N) is 1. The molecular formula is C9H14BrN3O2. The molecule has 15 heavy (non-hydrogen) atoms. The van der Waals surface area contributed by atoms with Gasteiger partial charge in [0.15, 0.2) is 0 Å². The molecule has 0 aliphatic heterocycles. The van der Waals surface area contributed by atoms with Gasteiger partial charge in [0.05, 0.1) is 18.4 Å². The molecule has 0 spiro atoms. The zero-order valence-corrected chi connectivity index (χ0v) is 9.99. The Morgan fingerprint density at radius 2 is 2.47 bits per heavy atom. The number of hydrogen-bond acceptors (Lipinski definition) is 5. The Kier molecular flexibility index (Phi) is 4.80. The van der Waals surface area contributed by atoms with Crippen molar-refractivity contribution in [2.45, 2.75) is 6.10 Å². The van der Waals surface area contributed by atoms with Crippen LogP contribution in [0.3, 0.4) is 0 Å². The number of halogens is 1. The average molecular weight is 276 g/mol. The summed E-state index contributed by atoms with van der Waals surface area (Å²) < 4.78 is 5.61. The third-order valence-electron chi connectivity index (χ3n) is 1.75. The molecule has 6 heteroatoms. The Bertz CT molecular complexity index is 322. The molecule has 0 aliphatic carbocycles. The Morgan fingerprint density at radius 3 is 3.07 bits per heavy atom. The molecule has 0 saturated heterocycles. The zero-order chi connectivity index (χ0) is 11.3. The van der Waals surface area contributed by atoms with Gasteiger partial charge in [-0.1, -0.05) is 0 Å². The first-order valence-electron chi connectivity index (χ1n) is 4.45. The summed E-state index contributed by atoms with van der Waals surface area (Å²) in [5.74, 6) is 0.563. The molecule has 1 rings (SSSR count). The first kappa shape index (κ1) is 12.2. The van der Waals surface area contributed by atoms with E-state index in [-0.39, 0.29) is 6.61 Å². The van der Waals surface area contributed by atoms with Crippen LogP contribution in [-0.2, 0) is 4.74 Å². The van der Waals surface area contributed by atoms with Crippen LogP contribution in [-0.4, -0.2) is 36.5 Å². The number of nitrogens with two attached hydrogens (primary N) is 1. The number of nitrogens with zero attached hydrogens (tertiary/aromatic N) is 1. The van der Waals surface area contributed by atoms with Gasteiger partial charge in [0.1, 0.15) is 5.82 Å². The number of aliphatic hydroxyl groups is 1. The number of hydrogen-bond donors (Lipinski definition) is 3. The highest BCUT2D eigenvalue weighted by Crippen LogP contribution is 2.19. The summed E-state index contributed by atoms with van der Waals surface area (Å²) in [5, 5.41) is 12.3. The fraction of sp³-hybridized carbons (Fsp3) is 0.444. The average Bonchev–Trinajstić information content (AvgIpc) is 2.17. The van der Waals surface area contributed by atoms with Crippen molar-refractivity contribution in [2.24, 2.45) is 0 Å². The zero-order valence-electron chi connectivity index (χ0n) is 8.40. The first-order chi connectivity index (χ1) is 7.13. The largest absolute Gasteiger partial charge is 0.396 e. The molecular weight excluding hydrogens is 262 g/mol. The van der Waals surface area contributed by atoms with Crippen molar-refractivity contribution in [3.8, 4) is 0 Å². The van der Waals surface area contributed by atoms with Crippen LogP contribution >= 0.6 is 15.9 Å². The monoisotopic (exact) mass is 275 g/mol. The number of rotatable bonds is 5. The van der Waals surface area contributed by atoms with Gasteiger partial charge in [-0.25, -0.2) is 4.98 Å². The first-order valence-corrected chi connectivity index (χ1v) is 5.24. The van der Waals surface area contributed by atoms with Crippen LogP contribution in [0.15, 0.2) is 16.7 Å². The standard InChI is InChI=1S/C9H14BrN3O2/c1-15-5-7(14)4-13-9-8(11)2-6(10)3-12-9/h2-3,7,14H,4-5,11H2,1H3,(H,12,13). The maximum atomic E-state index is 9.39. The van der Waals surface area contributed by atoms with Crippen molar-refractivity contribution >= 4 is 27.4 Å². The molecule has 4 N–H and O–H groups in total. The van der Waals surface area contributed by atoms with Crippen molar-refractivity contribution in [3.05, 3.63) is 16.7 Å². The quantitative estimate of drug-likeness (QED) is 0.742. The smallest absolute Gasteiger partial charge is 0.149 e. The van der Waals surface area contributed by atoms with Crippen molar-refractivity contribution < 1.29 is 9.84 Å². The van der Waals surface area contributed by atoms with Crippen molar-refractivity contribution in [1.82, 2.24) is 4.98 Å². The summed E-state index contributed by atoms with van der Waals surface area (Å²) in [6.45, 7) is 0.635. The molecule has 0 bridgehead atoms. The van der Waals surface area contributed by atoms with E-state index >= 15 is 0 Å². The number of aliphatic hydroxyl groups excluding tert-OH is 1. The van der Waals surface area contributed by atoms with Crippen LogP contribution < -0.4 is 11.1 Å². The Balaban J connectivity index is 2.50. The normalized spacial score (nSPS) is 12.5. The van der Waals surface area contributed by atoms with E-state index < -0.39 is 6.10 Å². The number of ether oxygens (including phenoxy) is 1. The van der Waals surface area contributed by atoms with Gasteiger partial charge in [-0.3, -0.25) is 0 Å². The molecule has 0 aliphatic rings. The minimum Gasteiger partial charge on any atom is -0.396 e. The van der Waals surface area contributed by atoms with Gasteiger partial charge in [-0.2, -0.15) is 0 Å². The van der Waals surface area contributed by atoms with Gasteiger partial charge in [0.25, 0.3) is 0 Å². The molecule has 84 valence electrons. The van der Waals surface area contributed by atoms with Gasteiger partial charge < -0.3 is 20.9 Å². The molecule has 1 aromatic heterocycles. The second-order valence-corrected chi connectivity index (χ2v) is 4.00. The van der Waals surface area contributed by atoms with E-state index in [1.54, 1.807) is 12.3 Å². The summed E-state index contributed by atoms with van der Waals surface area (Å²) in [4.78, 5) is 4.07. The molecule has 0 amide bonds. The second-order valence-electron chi connectivity index (χ2n) is 3.08. The minimum atomic E-state index is -0.570. The molecule has 1 atom stereocenters. The minimum absolute atomic E-state index is 0.281. The molecule has 0 saturated carbocycles. The number of aromatic nitrogens is 1. The predicted molar refractivity (Wildman–Crippen MR) is 62.7 cm³/mol. The predicted octanol–water partition coefficient (Wildman–Crippen LogP) is 0.845. The second kappa shape index (κ2) is 5.89. The van der Waals surface area contributed by atoms with Crippen LogP contribution in [0.1, 0.15) is 0 Å². The van der Waals surface area contributed by atoms with Crippen molar-refractivity contribution in [3.63, 3.8) is 0 Å². The van der Waals surface area contributed by atoms with Gasteiger partial charge >= 0.3 is 0 Å². The third-order valence-corrected chi connectivity index (χ3v) is 2.18. The summed E-state index contributed by atoms with van der Waals surface area (Å²) in [7, 11) is 1.54. The van der Waals surface area contributed by atoms with Crippen LogP contribution in [0.2, 0.25) is 0 Å². The van der Waals surface area contributed by atoms with E-state index in [2.05, 4.69) is 26.2 Å². The van der Waals surface area contributed by atoms with Crippen molar-refractivity contribution in [1.29, 1.82) is 0 Å². The molecule has 0 fully saturated rings. The lowest BCUT2D eigenvalue weighted by Gasteiger charge is -2.12. The maximum Gasteiger partial charge on any atom is 0.149 e. The fourth-order valence-electron chi connectivity index (χ4n) is 1.07. The molecule has 1 heterocycles. The summed E-state index contributed by atoms with van der Waals surface area (Å²) in [6.07, 6.45) is 1.07. The van der Waals surface area contributed by atoms with Crippen molar-refractivity contribution in [2.75, 3.05) is 31.3 Å². The molecule has 1 aromatic rings. The number of nitrogen functional groups attached to an aromatic ring is 1. The number of methoxy groups -OCH3 is 1. The van der Waals surface area contributed by atoms with Crippen LogP contribution in [0.5, 0.6) is 0 Å². The van der Waals surface area contributed by atoms with Crippen LogP contribution in [0, 0.1) is 0 Å². The lowest BCUT2D eigenvalue weighted by atomic mass is 10.3. The van der Waals surface area contributed by atoms with E-state index in [0.29, 0.717) is 18.1 Å². The van der Waals surface area contributed by atoms with E-state index in [1.165, 1.54) is 7.11 Å². The summed E-state index contributed by atoms with van der Waals surface area (Å²) in [5.41, 5.74) is 6.25. The molecule has 5 nitrogen and oxygen atoms in total. The van der Waals surface area contributed by atoms with Crippen LogP contribution in [0.4, 0.5) is 11.5 Å². The number of anilines is 2. The maximum absolute atomic E-state index is 9.39. The topological polar surface area (TPSA) is 80.4 Å². The van der Waals surface area contributed by atoms with Gasteiger partial charge in [-0.15, -0.1) is 0 Å². The van der Waals surface area contributed by atoms with E-state index in [0.717, 1.165) is 4.47 Å². The summed E-state index contributed by atoms with van der Waals surface area (Å²) >= 11 is 3.26. The Labute approximate surface area is 96.8 Å². The van der Waals surface area contributed by atoms with E-state index in [1.807, 2.05) is 0 Å². The van der Waals surface area contributed by atoms with Gasteiger partial charge in [0, 0.05) is 24.3 Å². The highest BCUT2D eigenvalue weighted by Gasteiger charge is 2.05. The molecule has 1 unspecified atom stereocenters.